The number of thiazole rings is 1. The fourth-order valence-corrected chi connectivity index (χ4v) is 6.45. The van der Waals surface area contributed by atoms with Gasteiger partial charge < -0.3 is 20.1 Å². The highest BCUT2D eigenvalue weighted by atomic mass is 32.1. The minimum Gasteiger partial charge on any atom is -0.336 e. The van der Waals surface area contributed by atoms with Crippen LogP contribution in [0.3, 0.4) is 0 Å². The number of carbonyl (C=O) groups is 2. The second-order valence-electron chi connectivity index (χ2n) is 9.20. The fraction of sp³-hybridized carbons (Fsp3) is 0.308. The number of aromatic nitrogens is 3. The second-order valence-corrected chi connectivity index (χ2v) is 11.3. The molecule has 2 aliphatic rings. The van der Waals surface area contributed by atoms with E-state index < -0.39 is 0 Å². The molecule has 0 saturated carbocycles. The number of thiophene rings is 1. The zero-order valence-electron chi connectivity index (χ0n) is 19.6. The van der Waals surface area contributed by atoms with E-state index in [0.717, 1.165) is 46.4 Å². The summed E-state index contributed by atoms with van der Waals surface area (Å²) in [5.41, 5.74) is 2.38. The Kier molecular flexibility index (Phi) is 6.39. The number of rotatable bonds is 7. The summed E-state index contributed by atoms with van der Waals surface area (Å²) >= 11 is 3.04. The second kappa shape index (κ2) is 9.96. The first-order valence-corrected chi connectivity index (χ1v) is 13.7. The zero-order chi connectivity index (χ0) is 24.5. The van der Waals surface area contributed by atoms with Crippen LogP contribution in [0.1, 0.15) is 39.0 Å². The number of benzene rings is 1. The summed E-state index contributed by atoms with van der Waals surface area (Å²) < 4.78 is 2.05. The molecule has 8 nitrogen and oxygen atoms in total. The molecule has 6 rings (SSSR count). The fourth-order valence-electron chi connectivity index (χ4n) is 4.57. The van der Waals surface area contributed by atoms with Crippen molar-refractivity contribution in [1.82, 2.24) is 24.8 Å². The number of nitrogens with one attached hydrogen (secondary N) is 2. The van der Waals surface area contributed by atoms with Crippen molar-refractivity contribution in [3.05, 3.63) is 76.8 Å². The number of likely N-dealkylation sites (tertiary alicyclic amines) is 1. The zero-order valence-corrected chi connectivity index (χ0v) is 21.2. The maximum Gasteiger partial charge on any atom is 0.264 e. The maximum absolute atomic E-state index is 12.9. The van der Waals surface area contributed by atoms with Gasteiger partial charge in [-0.1, -0.05) is 24.3 Å². The van der Waals surface area contributed by atoms with Crippen LogP contribution in [0.4, 0.5) is 5.00 Å². The van der Waals surface area contributed by atoms with E-state index in [1.165, 1.54) is 16.9 Å². The summed E-state index contributed by atoms with van der Waals surface area (Å²) in [6.45, 7) is 3.01. The maximum atomic E-state index is 12.9. The van der Waals surface area contributed by atoms with Gasteiger partial charge in [-0.25, -0.2) is 9.97 Å². The number of imidazole rings is 1. The minimum atomic E-state index is -0.133. The number of carbonyl (C=O) groups excluding carboxylic acids is 2. The largest absolute Gasteiger partial charge is 0.336 e. The van der Waals surface area contributed by atoms with Crippen LogP contribution >= 0.6 is 22.7 Å². The molecule has 4 aromatic rings. The highest BCUT2D eigenvalue weighted by Crippen LogP contribution is 2.36. The molecule has 0 bridgehead atoms. The van der Waals surface area contributed by atoms with E-state index in [9.17, 15) is 9.59 Å². The molecule has 0 unspecified atom stereocenters. The smallest absolute Gasteiger partial charge is 0.264 e. The molecule has 184 valence electrons. The third-order valence-corrected chi connectivity index (χ3v) is 8.84. The van der Waals surface area contributed by atoms with Crippen molar-refractivity contribution in [3.8, 4) is 10.4 Å². The molecule has 2 amide bonds. The Bertz CT molecular complexity index is 1350. The molecule has 10 heteroatoms. The van der Waals surface area contributed by atoms with E-state index in [4.69, 9.17) is 0 Å². The van der Waals surface area contributed by atoms with Crippen LogP contribution in [-0.4, -0.2) is 56.9 Å². The summed E-state index contributed by atoms with van der Waals surface area (Å²) in [5, 5.41) is 7.92. The summed E-state index contributed by atoms with van der Waals surface area (Å²) in [6, 6.07) is 12.0. The molecule has 3 aromatic heterocycles. The van der Waals surface area contributed by atoms with E-state index in [0.29, 0.717) is 18.0 Å². The molecule has 2 aliphatic heterocycles. The van der Waals surface area contributed by atoms with Gasteiger partial charge in [-0.2, -0.15) is 0 Å². The van der Waals surface area contributed by atoms with Gasteiger partial charge in [0.2, 0.25) is 5.91 Å². The lowest BCUT2D eigenvalue weighted by Crippen LogP contribution is -2.48. The van der Waals surface area contributed by atoms with Crippen molar-refractivity contribution in [2.45, 2.75) is 31.3 Å². The van der Waals surface area contributed by atoms with E-state index in [1.807, 2.05) is 34.3 Å². The highest BCUT2D eigenvalue weighted by Gasteiger charge is 2.35. The summed E-state index contributed by atoms with van der Waals surface area (Å²) in [5.74, 6) is 0.256. The van der Waals surface area contributed by atoms with Gasteiger partial charge in [0.25, 0.3) is 5.91 Å². The summed E-state index contributed by atoms with van der Waals surface area (Å²) in [6.07, 6.45) is 9.37. The molecule has 0 aliphatic carbocycles. The van der Waals surface area contributed by atoms with Crippen LogP contribution in [0.25, 0.3) is 10.4 Å². The molecule has 36 heavy (non-hydrogen) atoms. The molecule has 0 spiro atoms. The van der Waals surface area contributed by atoms with Crippen molar-refractivity contribution in [2.24, 2.45) is 0 Å². The normalized spacial score (nSPS) is 17.8. The van der Waals surface area contributed by atoms with Crippen molar-refractivity contribution < 1.29 is 9.59 Å². The molecule has 2 saturated heterocycles. The Morgan fingerprint density at radius 1 is 1.11 bits per heavy atom. The monoisotopic (exact) mass is 518 g/mol. The molecule has 1 aromatic carbocycles. The Labute approximate surface area is 217 Å². The highest BCUT2D eigenvalue weighted by molar-refractivity contribution is 7.18. The number of hydrogen-bond acceptors (Lipinski definition) is 7. The lowest BCUT2D eigenvalue weighted by atomic mass is 10.0. The minimum absolute atomic E-state index is 0.0148. The molecule has 2 N–H and O–H groups in total. The van der Waals surface area contributed by atoms with Crippen molar-refractivity contribution in [3.63, 3.8) is 0 Å². The number of hydrogen-bond donors (Lipinski definition) is 2. The van der Waals surface area contributed by atoms with Crippen LogP contribution in [0.2, 0.25) is 0 Å². The molecular weight excluding hydrogens is 492 g/mol. The standard InChI is InChI=1S/C26H26N6O2S2/c33-24(20-2-1-9-28-20)30-23-8-7-21(35-23)26(34)32-14-19(15-32)25-29-12-22(36-25)18-5-3-17(4-6-18)13-31-11-10-27-16-31/h3-8,10-12,16,19-20,28H,1-2,9,13-15H2,(H,30,33)/t20-/m0/s1. The average Bonchev–Trinajstić information content (AvgIpc) is 3.67. The van der Waals surface area contributed by atoms with Gasteiger partial charge >= 0.3 is 0 Å². The first-order valence-electron chi connectivity index (χ1n) is 12.1. The molecule has 1 atom stereocenters. The van der Waals surface area contributed by atoms with Gasteiger partial charge in [0.15, 0.2) is 0 Å². The van der Waals surface area contributed by atoms with Crippen LogP contribution in [-0.2, 0) is 11.3 Å². The number of nitrogens with zero attached hydrogens (tertiary/aromatic N) is 4. The van der Waals surface area contributed by atoms with Gasteiger partial charge in [-0.05, 0) is 42.6 Å². The van der Waals surface area contributed by atoms with Gasteiger partial charge in [-0.3, -0.25) is 9.59 Å². The van der Waals surface area contributed by atoms with Crippen molar-refractivity contribution in [2.75, 3.05) is 25.0 Å². The van der Waals surface area contributed by atoms with Crippen molar-refractivity contribution >= 4 is 39.5 Å². The first-order chi connectivity index (χ1) is 17.6. The Hall–Kier alpha value is -3.34. The summed E-state index contributed by atoms with van der Waals surface area (Å²) in [7, 11) is 0. The van der Waals surface area contributed by atoms with Gasteiger partial charge in [-0.15, -0.1) is 22.7 Å². The molecule has 2 fully saturated rings. The Morgan fingerprint density at radius 3 is 2.72 bits per heavy atom. The molecule has 5 heterocycles. The Morgan fingerprint density at radius 2 is 1.97 bits per heavy atom. The molecule has 0 radical (unpaired) electrons. The first kappa shape index (κ1) is 23.1. The SMILES string of the molecule is O=C(Nc1ccc(C(=O)N2CC(c3ncc(-c4ccc(Cn5ccnc5)cc4)s3)C2)s1)[C@@H]1CCCN1. The van der Waals surface area contributed by atoms with E-state index in [-0.39, 0.29) is 23.8 Å². The predicted octanol–water partition coefficient (Wildman–Crippen LogP) is 4.05. The van der Waals surface area contributed by atoms with Gasteiger partial charge in [0, 0.05) is 44.1 Å². The molecular formula is C26H26N6O2S2. The van der Waals surface area contributed by atoms with Crippen LogP contribution in [0.5, 0.6) is 0 Å². The van der Waals surface area contributed by atoms with Crippen LogP contribution in [0.15, 0.2) is 61.3 Å². The van der Waals surface area contributed by atoms with Crippen molar-refractivity contribution in [1.29, 1.82) is 0 Å². The topological polar surface area (TPSA) is 92.2 Å². The quantitative estimate of drug-likeness (QED) is 0.385. The average molecular weight is 519 g/mol. The Balaban J connectivity index is 1.03. The third-order valence-electron chi connectivity index (χ3n) is 6.64. The lowest BCUT2D eigenvalue weighted by Gasteiger charge is -2.37. The van der Waals surface area contributed by atoms with E-state index in [1.54, 1.807) is 23.6 Å². The van der Waals surface area contributed by atoms with Gasteiger partial charge in [0.05, 0.1) is 32.1 Å². The van der Waals surface area contributed by atoms with E-state index in [2.05, 4.69) is 44.9 Å². The van der Waals surface area contributed by atoms with E-state index >= 15 is 0 Å². The van der Waals surface area contributed by atoms with Crippen LogP contribution in [0, 0.1) is 0 Å². The number of amides is 2. The lowest BCUT2D eigenvalue weighted by molar-refractivity contribution is -0.117. The number of anilines is 1. The van der Waals surface area contributed by atoms with Crippen LogP contribution < -0.4 is 10.6 Å². The third kappa shape index (κ3) is 4.84. The predicted molar refractivity (Wildman–Crippen MR) is 141 cm³/mol. The summed E-state index contributed by atoms with van der Waals surface area (Å²) in [4.78, 5) is 37.6. The van der Waals surface area contributed by atoms with Gasteiger partial charge in [0.1, 0.15) is 0 Å².